The number of hydrogen-bond donors (Lipinski definition) is 4. The average molecular weight is 649 g/mol. The SMILES string of the molecule is CC(=O)O[C@@H](CC[C@@H](C)C1(C)[C@H](O)CC2[C@@H]3CCC4C(C)(C)[C@@H](O[C@H]5C[C@@H](O)[C@H](O)CO5)CCC45[C@@H](C)[C@@]35CC[C@@]21C)C(C)(C)O. The van der Waals surface area contributed by atoms with Gasteiger partial charge in [0, 0.05) is 18.8 Å². The summed E-state index contributed by atoms with van der Waals surface area (Å²) in [6.07, 6.45) is 6.40. The summed E-state index contributed by atoms with van der Waals surface area (Å²) >= 11 is 0. The Morgan fingerprint density at radius 3 is 2.26 bits per heavy atom. The minimum atomic E-state index is -1.12. The molecule has 2 spiro atoms. The number of carbonyl (C=O) groups is 1. The van der Waals surface area contributed by atoms with Gasteiger partial charge in [-0.25, -0.2) is 0 Å². The Labute approximate surface area is 277 Å². The summed E-state index contributed by atoms with van der Waals surface area (Å²) in [6, 6.07) is 0. The van der Waals surface area contributed by atoms with E-state index in [4.69, 9.17) is 14.2 Å². The molecule has 4 N–H and O–H groups in total. The number of fused-ring (bicyclic) bond motifs is 2. The number of aliphatic hydroxyl groups excluding tert-OH is 3. The lowest BCUT2D eigenvalue weighted by atomic mass is 9.44. The lowest BCUT2D eigenvalue weighted by Crippen LogP contribution is -2.57. The minimum Gasteiger partial charge on any atom is -0.460 e. The number of aliphatic hydroxyl groups is 4. The molecule has 8 heteroatoms. The molecule has 0 bridgehead atoms. The fourth-order valence-electron chi connectivity index (χ4n) is 13.5. The molecule has 1 aliphatic heterocycles. The number of rotatable bonds is 8. The monoisotopic (exact) mass is 648 g/mol. The van der Waals surface area contributed by atoms with Crippen LogP contribution in [0.5, 0.6) is 0 Å². The van der Waals surface area contributed by atoms with E-state index >= 15 is 0 Å². The van der Waals surface area contributed by atoms with E-state index in [-0.39, 0.29) is 46.9 Å². The summed E-state index contributed by atoms with van der Waals surface area (Å²) in [6.45, 7) is 19.3. The highest BCUT2D eigenvalue weighted by Crippen LogP contribution is 2.90. The van der Waals surface area contributed by atoms with Crippen molar-refractivity contribution in [1.29, 1.82) is 0 Å². The largest absolute Gasteiger partial charge is 0.460 e. The number of ether oxygens (including phenoxy) is 3. The fraction of sp³-hybridized carbons (Fsp3) is 0.974. The zero-order chi connectivity index (χ0) is 33.8. The van der Waals surface area contributed by atoms with Crippen molar-refractivity contribution in [3.05, 3.63) is 0 Å². The van der Waals surface area contributed by atoms with E-state index in [9.17, 15) is 25.2 Å². The number of carbonyl (C=O) groups excluding carboxylic acids is 1. The van der Waals surface area contributed by atoms with Crippen LogP contribution in [0.4, 0.5) is 0 Å². The molecule has 264 valence electrons. The van der Waals surface area contributed by atoms with E-state index in [2.05, 4.69) is 41.5 Å². The Hall–Kier alpha value is -0.770. The number of esters is 1. The molecule has 6 fully saturated rings. The van der Waals surface area contributed by atoms with E-state index in [0.717, 1.165) is 32.1 Å². The molecule has 0 aromatic heterocycles. The molecular weight excluding hydrogens is 584 g/mol. The van der Waals surface area contributed by atoms with Gasteiger partial charge in [-0.05, 0) is 123 Å². The van der Waals surface area contributed by atoms with Crippen molar-refractivity contribution >= 4 is 5.97 Å². The lowest BCUT2D eigenvalue weighted by Gasteiger charge is -2.61. The maximum atomic E-state index is 12.0. The van der Waals surface area contributed by atoms with Crippen LogP contribution in [-0.2, 0) is 19.0 Å². The summed E-state index contributed by atoms with van der Waals surface area (Å²) in [7, 11) is 0. The van der Waals surface area contributed by atoms with Gasteiger partial charge in [0.25, 0.3) is 0 Å². The third-order valence-corrected chi connectivity index (χ3v) is 16.3. The molecule has 15 atom stereocenters. The van der Waals surface area contributed by atoms with Crippen LogP contribution in [0.25, 0.3) is 0 Å². The molecule has 1 saturated heterocycles. The summed E-state index contributed by atoms with van der Waals surface area (Å²) < 4.78 is 18.0. The molecule has 5 aliphatic carbocycles. The quantitative estimate of drug-likeness (QED) is 0.198. The van der Waals surface area contributed by atoms with Crippen molar-refractivity contribution < 1.29 is 39.4 Å². The van der Waals surface area contributed by atoms with E-state index < -0.39 is 30.2 Å². The molecule has 4 unspecified atom stereocenters. The highest BCUT2D eigenvalue weighted by Gasteiger charge is 2.85. The second-order valence-electron chi connectivity index (χ2n) is 18.4. The van der Waals surface area contributed by atoms with Crippen LogP contribution in [0.1, 0.15) is 127 Å². The second-order valence-corrected chi connectivity index (χ2v) is 18.4. The van der Waals surface area contributed by atoms with Crippen molar-refractivity contribution in [2.45, 2.75) is 169 Å². The van der Waals surface area contributed by atoms with Gasteiger partial charge in [-0.3, -0.25) is 4.79 Å². The first-order valence-corrected chi connectivity index (χ1v) is 18.5. The van der Waals surface area contributed by atoms with Crippen LogP contribution in [0.3, 0.4) is 0 Å². The lowest BCUT2D eigenvalue weighted by molar-refractivity contribution is -0.264. The third kappa shape index (κ3) is 4.76. The van der Waals surface area contributed by atoms with Gasteiger partial charge in [-0.1, -0.05) is 41.5 Å². The molecule has 6 aliphatic rings. The van der Waals surface area contributed by atoms with Gasteiger partial charge in [0.2, 0.25) is 0 Å². The molecule has 5 saturated carbocycles. The van der Waals surface area contributed by atoms with Gasteiger partial charge >= 0.3 is 5.97 Å². The van der Waals surface area contributed by atoms with Crippen LogP contribution >= 0.6 is 0 Å². The van der Waals surface area contributed by atoms with E-state index in [1.54, 1.807) is 13.8 Å². The van der Waals surface area contributed by atoms with Crippen LogP contribution in [0.2, 0.25) is 0 Å². The molecule has 0 amide bonds. The molecule has 0 aromatic carbocycles. The number of hydrogen-bond acceptors (Lipinski definition) is 8. The molecule has 0 radical (unpaired) electrons. The van der Waals surface area contributed by atoms with Gasteiger partial charge in [0.05, 0.1) is 30.5 Å². The third-order valence-electron chi connectivity index (χ3n) is 16.3. The predicted octanol–water partition coefficient (Wildman–Crippen LogP) is 5.61. The van der Waals surface area contributed by atoms with Gasteiger partial charge in [0.1, 0.15) is 12.2 Å². The molecule has 46 heavy (non-hydrogen) atoms. The highest BCUT2D eigenvalue weighted by atomic mass is 16.7. The molecular formula is C38H64O8. The Morgan fingerprint density at radius 2 is 1.63 bits per heavy atom. The smallest absolute Gasteiger partial charge is 0.303 e. The van der Waals surface area contributed by atoms with Gasteiger partial charge in [-0.15, -0.1) is 0 Å². The Bertz CT molecular complexity index is 1170. The summed E-state index contributed by atoms with van der Waals surface area (Å²) in [5.74, 6) is 2.14. The summed E-state index contributed by atoms with van der Waals surface area (Å²) in [4.78, 5) is 11.8. The second kappa shape index (κ2) is 11.4. The average Bonchev–Trinajstić information content (AvgIpc) is 3.41. The molecule has 6 rings (SSSR count). The summed E-state index contributed by atoms with van der Waals surface area (Å²) in [5.41, 5.74) is -0.760. The van der Waals surface area contributed by atoms with E-state index in [0.29, 0.717) is 47.3 Å². The maximum absolute atomic E-state index is 12.0. The predicted molar refractivity (Wildman–Crippen MR) is 174 cm³/mol. The van der Waals surface area contributed by atoms with E-state index in [1.807, 2.05) is 0 Å². The van der Waals surface area contributed by atoms with Crippen molar-refractivity contribution in [1.82, 2.24) is 0 Å². The Morgan fingerprint density at radius 1 is 0.935 bits per heavy atom. The van der Waals surface area contributed by atoms with E-state index in [1.165, 1.54) is 26.2 Å². The molecule has 0 aromatic rings. The van der Waals surface area contributed by atoms with Crippen molar-refractivity contribution in [3.63, 3.8) is 0 Å². The van der Waals surface area contributed by atoms with Gasteiger partial charge < -0.3 is 34.6 Å². The summed E-state index contributed by atoms with van der Waals surface area (Å²) in [5, 5.41) is 42.9. The standard InChI is InChI=1S/C38H64O8/c1-21(10-13-31(34(6,7)43)45-23(3)39)36(9)29(42)18-25-24-11-12-28-33(4,5)30(46-32-19-26(40)27(41)20-44-32)14-15-38(28)22(2)37(24,38)17-16-35(25,36)8/h21-22,24-32,40-43H,10-20H2,1-9H3/t21-,22+,24+,25?,26-,27-,28?,29-,30+,31+,32+,35+,36?,37+,38?/m1/s1. The Kier molecular flexibility index (Phi) is 8.68. The first-order chi connectivity index (χ1) is 21.3. The fourth-order valence-corrected chi connectivity index (χ4v) is 13.5. The van der Waals surface area contributed by atoms with Crippen LogP contribution in [0.15, 0.2) is 0 Å². The van der Waals surface area contributed by atoms with Crippen molar-refractivity contribution in [2.24, 2.45) is 56.7 Å². The zero-order valence-electron chi connectivity index (χ0n) is 30.1. The van der Waals surface area contributed by atoms with Gasteiger partial charge in [0.15, 0.2) is 6.29 Å². The minimum absolute atomic E-state index is 0.0172. The van der Waals surface area contributed by atoms with Crippen molar-refractivity contribution in [2.75, 3.05) is 6.61 Å². The normalized spacial score (nSPS) is 50.8. The van der Waals surface area contributed by atoms with Crippen LogP contribution in [0, 0.1) is 56.7 Å². The first-order valence-electron chi connectivity index (χ1n) is 18.5. The highest BCUT2D eigenvalue weighted by molar-refractivity contribution is 5.66. The van der Waals surface area contributed by atoms with Crippen molar-refractivity contribution in [3.8, 4) is 0 Å². The molecule has 1 heterocycles. The zero-order valence-corrected chi connectivity index (χ0v) is 30.1. The van der Waals surface area contributed by atoms with Crippen LogP contribution < -0.4 is 0 Å². The van der Waals surface area contributed by atoms with Gasteiger partial charge in [-0.2, -0.15) is 0 Å². The Balaban J connectivity index is 1.20. The van der Waals surface area contributed by atoms with Crippen LogP contribution in [-0.4, -0.2) is 75.4 Å². The molecule has 8 nitrogen and oxygen atoms in total. The maximum Gasteiger partial charge on any atom is 0.303 e. The topological polar surface area (TPSA) is 126 Å². The first kappa shape index (κ1) is 35.1.